The van der Waals surface area contributed by atoms with E-state index in [2.05, 4.69) is 79.9 Å². The van der Waals surface area contributed by atoms with Crippen LogP contribution in [-0.4, -0.2) is 193 Å². The molecular formula is C76H135NO18. The highest BCUT2D eigenvalue weighted by Gasteiger charge is 2.53. The highest BCUT2D eigenvalue weighted by Crippen LogP contribution is 2.33. The van der Waals surface area contributed by atoms with E-state index >= 15 is 0 Å². The normalized spacial score (nSPS) is 27.6. The number of ether oxygens (including phenoxy) is 6. The third-order valence-corrected chi connectivity index (χ3v) is 18.5. The van der Waals surface area contributed by atoms with Crippen molar-refractivity contribution in [1.29, 1.82) is 0 Å². The van der Waals surface area contributed by atoms with Gasteiger partial charge in [0.1, 0.15) is 73.2 Å². The lowest BCUT2D eigenvalue weighted by Gasteiger charge is -2.48. The molecule has 17 unspecified atom stereocenters. The van der Waals surface area contributed by atoms with Crippen LogP contribution >= 0.6 is 0 Å². The Kier molecular flexibility index (Phi) is 51.8. The summed E-state index contributed by atoms with van der Waals surface area (Å²) in [5.41, 5.74) is 0. The SMILES string of the molecule is CC/C=C\C/C=C\C/C=C\C/C=C\CCCCCCCCCCCCCCCCCCCCCCCCC(=O)NC(COC1OC(CO)C(OC2OC(CO)C(OC3OC(CO)C(O)C(O)C3O)C(O)C2O)C(O)C1O)C(O)/C=C/CC/C=C/CCCCCCCCCCC. The molecule has 0 aromatic heterocycles. The molecule has 0 radical (unpaired) electrons. The third-order valence-electron chi connectivity index (χ3n) is 18.5. The van der Waals surface area contributed by atoms with Crippen LogP contribution < -0.4 is 5.32 Å². The number of aliphatic hydroxyl groups is 11. The topological polar surface area (TPSA) is 307 Å². The third kappa shape index (κ3) is 38.0. The van der Waals surface area contributed by atoms with Gasteiger partial charge in [-0.2, -0.15) is 0 Å². The van der Waals surface area contributed by atoms with Gasteiger partial charge < -0.3 is 89.9 Å². The van der Waals surface area contributed by atoms with Gasteiger partial charge in [-0.05, 0) is 70.6 Å². The minimum Gasteiger partial charge on any atom is -0.394 e. The molecule has 19 heteroatoms. The van der Waals surface area contributed by atoms with E-state index < -0.39 is 124 Å². The van der Waals surface area contributed by atoms with Crippen LogP contribution in [0.25, 0.3) is 0 Å². The number of hydrogen-bond acceptors (Lipinski definition) is 18. The van der Waals surface area contributed by atoms with Gasteiger partial charge in [-0.3, -0.25) is 4.79 Å². The van der Waals surface area contributed by atoms with Crippen molar-refractivity contribution in [2.24, 2.45) is 0 Å². The average Bonchev–Trinajstić information content (AvgIpc) is 0.799. The van der Waals surface area contributed by atoms with Crippen LogP contribution in [0.4, 0.5) is 0 Å². The highest BCUT2D eigenvalue weighted by atomic mass is 16.8. The summed E-state index contributed by atoms with van der Waals surface area (Å²) < 4.78 is 34.3. The van der Waals surface area contributed by atoms with E-state index in [1.54, 1.807) is 6.08 Å². The molecule has 0 aromatic rings. The van der Waals surface area contributed by atoms with Crippen molar-refractivity contribution in [3.05, 3.63) is 72.9 Å². The quantitative estimate of drug-likeness (QED) is 0.0199. The second-order valence-electron chi connectivity index (χ2n) is 26.7. The van der Waals surface area contributed by atoms with Gasteiger partial charge in [0.2, 0.25) is 5.91 Å². The molecular weight excluding hydrogens is 1210 g/mol. The Labute approximate surface area is 572 Å². The fraction of sp³-hybridized carbons (Fsp3) is 0.829. The fourth-order valence-electron chi connectivity index (χ4n) is 12.4. The predicted molar refractivity (Wildman–Crippen MR) is 374 cm³/mol. The van der Waals surface area contributed by atoms with Crippen molar-refractivity contribution in [1.82, 2.24) is 5.32 Å². The smallest absolute Gasteiger partial charge is 0.220 e. The van der Waals surface area contributed by atoms with Gasteiger partial charge in [0, 0.05) is 6.42 Å². The molecule has 19 nitrogen and oxygen atoms in total. The Morgan fingerprint density at radius 2 is 0.737 bits per heavy atom. The second-order valence-corrected chi connectivity index (χ2v) is 26.7. The largest absolute Gasteiger partial charge is 0.394 e. The van der Waals surface area contributed by atoms with Crippen molar-refractivity contribution >= 4 is 5.91 Å². The lowest BCUT2D eigenvalue weighted by molar-refractivity contribution is -0.379. The predicted octanol–water partition coefficient (Wildman–Crippen LogP) is 11.3. The number of allylic oxidation sites excluding steroid dienone is 11. The minimum absolute atomic E-state index is 0.236. The molecule has 3 aliphatic heterocycles. The van der Waals surface area contributed by atoms with Gasteiger partial charge in [-0.15, -0.1) is 0 Å². The van der Waals surface area contributed by atoms with Crippen LogP contribution in [0, 0.1) is 0 Å². The van der Waals surface area contributed by atoms with Crippen LogP contribution in [-0.2, 0) is 33.2 Å². The molecule has 0 bridgehead atoms. The Morgan fingerprint density at radius 3 is 1.18 bits per heavy atom. The number of nitrogens with one attached hydrogen (secondary N) is 1. The van der Waals surface area contributed by atoms with Crippen LogP contribution in [0.3, 0.4) is 0 Å². The summed E-state index contributed by atoms with van der Waals surface area (Å²) in [5, 5.41) is 121. The van der Waals surface area contributed by atoms with Crippen LogP contribution in [0.5, 0.6) is 0 Å². The molecule has 0 aliphatic carbocycles. The van der Waals surface area contributed by atoms with Crippen LogP contribution in [0.15, 0.2) is 72.9 Å². The summed E-state index contributed by atoms with van der Waals surface area (Å²) >= 11 is 0. The molecule has 17 atom stereocenters. The van der Waals surface area contributed by atoms with E-state index in [0.717, 1.165) is 64.2 Å². The number of aliphatic hydroxyl groups excluding tert-OH is 11. The molecule has 3 aliphatic rings. The van der Waals surface area contributed by atoms with Crippen molar-refractivity contribution in [2.45, 2.75) is 375 Å². The van der Waals surface area contributed by atoms with E-state index in [1.165, 1.54) is 173 Å². The molecule has 0 saturated carbocycles. The first-order valence-corrected chi connectivity index (χ1v) is 37.7. The maximum atomic E-state index is 13.4. The average molecular weight is 1350 g/mol. The lowest BCUT2D eigenvalue weighted by Crippen LogP contribution is -2.66. The molecule has 3 heterocycles. The summed E-state index contributed by atoms with van der Waals surface area (Å²) in [7, 11) is 0. The summed E-state index contributed by atoms with van der Waals surface area (Å²) in [6, 6.07) is -0.991. The molecule has 12 N–H and O–H groups in total. The number of carbonyl (C=O) groups excluding carboxylic acids is 1. The maximum Gasteiger partial charge on any atom is 0.220 e. The molecule has 3 fully saturated rings. The Balaban J connectivity index is 1.34. The van der Waals surface area contributed by atoms with E-state index in [9.17, 15) is 61.0 Å². The summed E-state index contributed by atoms with van der Waals surface area (Å²) in [5.74, 6) is -0.283. The molecule has 0 aromatic carbocycles. The van der Waals surface area contributed by atoms with E-state index in [4.69, 9.17) is 28.4 Å². The summed E-state index contributed by atoms with van der Waals surface area (Å²) in [6.45, 7) is 1.61. The first kappa shape index (κ1) is 86.5. The van der Waals surface area contributed by atoms with E-state index in [0.29, 0.717) is 12.8 Å². The van der Waals surface area contributed by atoms with Crippen LogP contribution in [0.2, 0.25) is 0 Å². The lowest BCUT2D eigenvalue weighted by atomic mass is 9.96. The highest BCUT2D eigenvalue weighted by molar-refractivity contribution is 5.76. The van der Waals surface area contributed by atoms with Crippen molar-refractivity contribution in [2.75, 3.05) is 26.4 Å². The van der Waals surface area contributed by atoms with Gasteiger partial charge in [-0.1, -0.05) is 267 Å². The van der Waals surface area contributed by atoms with E-state index in [-0.39, 0.29) is 18.9 Å². The minimum atomic E-state index is -1.98. The number of amides is 1. The molecule has 1 amide bonds. The van der Waals surface area contributed by atoms with Crippen molar-refractivity contribution in [3.63, 3.8) is 0 Å². The monoisotopic (exact) mass is 1350 g/mol. The maximum absolute atomic E-state index is 13.4. The van der Waals surface area contributed by atoms with E-state index in [1.807, 2.05) is 6.08 Å². The van der Waals surface area contributed by atoms with Crippen molar-refractivity contribution < 1.29 is 89.4 Å². The number of rotatable bonds is 58. The first-order valence-electron chi connectivity index (χ1n) is 37.7. The first-order chi connectivity index (χ1) is 46.3. The van der Waals surface area contributed by atoms with Gasteiger partial charge >= 0.3 is 0 Å². The van der Waals surface area contributed by atoms with Gasteiger partial charge in [0.15, 0.2) is 18.9 Å². The molecule has 0 spiro atoms. The zero-order valence-electron chi connectivity index (χ0n) is 58.6. The van der Waals surface area contributed by atoms with Gasteiger partial charge in [0.05, 0.1) is 38.6 Å². The summed E-state index contributed by atoms with van der Waals surface area (Å²) in [4.78, 5) is 13.4. The zero-order valence-corrected chi connectivity index (χ0v) is 58.6. The molecule has 3 saturated heterocycles. The summed E-state index contributed by atoms with van der Waals surface area (Å²) in [6.07, 6.45) is 46.2. The Morgan fingerprint density at radius 1 is 0.389 bits per heavy atom. The van der Waals surface area contributed by atoms with Gasteiger partial charge in [-0.25, -0.2) is 0 Å². The molecule has 552 valence electrons. The Bertz CT molecular complexity index is 2000. The molecule has 95 heavy (non-hydrogen) atoms. The fourth-order valence-corrected chi connectivity index (χ4v) is 12.4. The number of hydrogen-bond donors (Lipinski definition) is 12. The second kappa shape index (κ2) is 56.9. The number of carbonyl (C=O) groups is 1. The Hall–Kier alpha value is -2.77. The van der Waals surface area contributed by atoms with Crippen LogP contribution in [0.1, 0.15) is 271 Å². The van der Waals surface area contributed by atoms with Gasteiger partial charge in [0.25, 0.3) is 0 Å². The van der Waals surface area contributed by atoms with Crippen molar-refractivity contribution in [3.8, 4) is 0 Å². The molecule has 3 rings (SSSR count). The standard InChI is InChI=1S/C76H135NO18/c1-3-5-7-9-11-13-15-17-19-20-21-22-23-24-25-26-27-28-29-30-31-32-33-34-35-36-37-38-40-42-44-46-48-50-52-54-64(82)77-59(60(81)53-51-49-47-45-43-41-39-18-16-14-12-10-8-6-4-2)58-90-74-70(88)67(85)72(62(56-79)92-74)95-76-71(89)68(86)73(63(57-80)93-76)94-75-69(87)66(84)65(83)61(55-78)91-75/h5,7,11,13,17,19,21-22,43,45,51,53,59-63,65-76,78-81,83-89H,3-4,6,8-10,12,14-16,18,20,23-42,44,46-50,52,54-58H2,1-2H3,(H,77,82)/b7-5-,13-11-,19-17-,22-21-,45-43+,53-51+. The number of unbranched alkanes of at least 4 members (excludes halogenated alkanes) is 32. The zero-order chi connectivity index (χ0) is 68.9.